The number of para-hydroxylation sites is 1. The van der Waals surface area contributed by atoms with Gasteiger partial charge in [0.2, 0.25) is 0 Å². The summed E-state index contributed by atoms with van der Waals surface area (Å²) < 4.78 is 13.2. The number of ether oxygens (including phenoxy) is 2. The Morgan fingerprint density at radius 2 is 1.50 bits per heavy atom. The topological polar surface area (TPSA) is 23.4 Å². The van der Waals surface area contributed by atoms with Gasteiger partial charge in [-0.05, 0) is 47.1 Å². The standard InChI is InChI=1S/C12H15N.C11H14O2/c1-9(2)12-8-10-6-4-5-7-11(10)13(12)3;1-8(2)9-3-4-10-11(7-9)13-6-5-12-10/h4-9H,1-3H3;3-4,7-8H,5-6H2,1-2H3. The van der Waals surface area contributed by atoms with Gasteiger partial charge in [0.1, 0.15) is 13.2 Å². The zero-order valence-electron chi connectivity index (χ0n) is 16.5. The van der Waals surface area contributed by atoms with Crippen molar-refractivity contribution < 1.29 is 9.47 Å². The summed E-state index contributed by atoms with van der Waals surface area (Å²) in [6, 6.07) is 16.9. The smallest absolute Gasteiger partial charge is 0.161 e. The van der Waals surface area contributed by atoms with Gasteiger partial charge in [-0.15, -0.1) is 0 Å². The number of aromatic nitrogens is 1. The maximum absolute atomic E-state index is 5.49. The van der Waals surface area contributed by atoms with E-state index in [9.17, 15) is 0 Å². The molecule has 3 nitrogen and oxygen atoms in total. The minimum Gasteiger partial charge on any atom is -0.486 e. The first kappa shape index (κ1) is 18.4. The van der Waals surface area contributed by atoms with Gasteiger partial charge in [0.15, 0.2) is 11.5 Å². The zero-order valence-corrected chi connectivity index (χ0v) is 16.5. The molecular weight excluding hydrogens is 322 g/mol. The summed E-state index contributed by atoms with van der Waals surface area (Å²) in [4.78, 5) is 0. The Kier molecular flexibility index (Phi) is 5.55. The molecule has 0 saturated heterocycles. The van der Waals surface area contributed by atoms with Gasteiger partial charge in [0, 0.05) is 18.3 Å². The predicted molar refractivity (Wildman–Crippen MR) is 109 cm³/mol. The van der Waals surface area contributed by atoms with Crippen molar-refractivity contribution in [1.29, 1.82) is 0 Å². The Hall–Kier alpha value is -2.42. The van der Waals surface area contributed by atoms with Gasteiger partial charge in [0.25, 0.3) is 0 Å². The molecule has 0 saturated carbocycles. The van der Waals surface area contributed by atoms with Crippen molar-refractivity contribution in [2.24, 2.45) is 7.05 Å². The number of fused-ring (bicyclic) bond motifs is 2. The van der Waals surface area contributed by atoms with Crippen LogP contribution in [0.1, 0.15) is 50.8 Å². The predicted octanol–water partition coefficient (Wildman–Crippen LogP) is 5.88. The minimum absolute atomic E-state index is 0.538. The Balaban J connectivity index is 0.000000151. The van der Waals surface area contributed by atoms with Crippen LogP contribution in [0.15, 0.2) is 48.5 Å². The van der Waals surface area contributed by atoms with Crippen molar-refractivity contribution in [3.63, 3.8) is 0 Å². The van der Waals surface area contributed by atoms with Gasteiger partial charge in [-0.1, -0.05) is 52.0 Å². The first-order valence-corrected chi connectivity index (χ1v) is 9.41. The molecule has 0 aliphatic carbocycles. The lowest BCUT2D eigenvalue weighted by Gasteiger charge is -2.19. The number of aryl methyl sites for hydroxylation is 1. The number of hydrogen-bond donors (Lipinski definition) is 0. The van der Waals surface area contributed by atoms with Gasteiger partial charge in [0.05, 0.1) is 0 Å². The first-order chi connectivity index (χ1) is 12.5. The zero-order chi connectivity index (χ0) is 18.7. The summed E-state index contributed by atoms with van der Waals surface area (Å²) in [6.45, 7) is 10.1. The summed E-state index contributed by atoms with van der Waals surface area (Å²) in [7, 11) is 2.14. The van der Waals surface area contributed by atoms with Crippen LogP contribution in [0.25, 0.3) is 10.9 Å². The van der Waals surface area contributed by atoms with Crippen LogP contribution in [0.3, 0.4) is 0 Å². The molecule has 1 aliphatic rings. The van der Waals surface area contributed by atoms with Crippen LogP contribution in [0.5, 0.6) is 11.5 Å². The van der Waals surface area contributed by atoms with Crippen molar-refractivity contribution in [2.75, 3.05) is 13.2 Å². The molecule has 0 spiro atoms. The molecule has 138 valence electrons. The molecule has 0 fully saturated rings. The summed E-state index contributed by atoms with van der Waals surface area (Å²) >= 11 is 0. The average molecular weight is 351 g/mol. The normalized spacial score (nSPS) is 13.0. The van der Waals surface area contributed by atoms with Crippen LogP contribution in [0.2, 0.25) is 0 Å². The van der Waals surface area contributed by atoms with Gasteiger partial charge >= 0.3 is 0 Å². The van der Waals surface area contributed by atoms with E-state index < -0.39 is 0 Å². The van der Waals surface area contributed by atoms with Crippen molar-refractivity contribution in [1.82, 2.24) is 4.57 Å². The van der Waals surface area contributed by atoms with E-state index >= 15 is 0 Å². The molecule has 1 aliphatic heterocycles. The molecule has 1 aromatic heterocycles. The van der Waals surface area contributed by atoms with E-state index in [1.165, 1.54) is 22.2 Å². The summed E-state index contributed by atoms with van der Waals surface area (Å²) in [5.74, 6) is 2.89. The Labute approximate surface area is 156 Å². The van der Waals surface area contributed by atoms with Crippen molar-refractivity contribution in [3.05, 3.63) is 59.8 Å². The summed E-state index contributed by atoms with van der Waals surface area (Å²) in [5, 5.41) is 1.34. The lowest BCUT2D eigenvalue weighted by atomic mass is 10.0. The van der Waals surface area contributed by atoms with Crippen LogP contribution in [0, 0.1) is 0 Å². The second kappa shape index (κ2) is 7.86. The van der Waals surface area contributed by atoms with E-state index in [0.29, 0.717) is 25.0 Å². The number of nitrogens with zero attached hydrogens (tertiary/aromatic N) is 1. The third kappa shape index (κ3) is 3.87. The molecule has 4 rings (SSSR count). The molecule has 0 amide bonds. The molecule has 0 bridgehead atoms. The van der Waals surface area contributed by atoms with Crippen molar-refractivity contribution >= 4 is 10.9 Å². The molecule has 0 unspecified atom stereocenters. The summed E-state index contributed by atoms with van der Waals surface area (Å²) in [5.41, 5.74) is 4.02. The number of rotatable bonds is 2. The van der Waals surface area contributed by atoms with E-state index in [2.05, 4.69) is 81.8 Å². The van der Waals surface area contributed by atoms with Crippen molar-refractivity contribution in [2.45, 2.75) is 39.5 Å². The van der Waals surface area contributed by atoms with Crippen LogP contribution in [0.4, 0.5) is 0 Å². The van der Waals surface area contributed by atoms with Crippen LogP contribution < -0.4 is 9.47 Å². The third-order valence-corrected chi connectivity index (χ3v) is 4.81. The average Bonchev–Trinajstić information content (AvgIpc) is 2.99. The highest BCUT2D eigenvalue weighted by molar-refractivity contribution is 5.81. The van der Waals surface area contributed by atoms with E-state index in [1.54, 1.807) is 0 Å². The molecular formula is C23H29NO2. The molecule has 3 heteroatoms. The monoisotopic (exact) mass is 351 g/mol. The quantitative estimate of drug-likeness (QED) is 0.575. The fourth-order valence-electron chi connectivity index (χ4n) is 3.28. The maximum atomic E-state index is 5.49. The second-order valence-corrected chi connectivity index (χ2v) is 7.40. The van der Waals surface area contributed by atoms with Gasteiger partial charge in [-0.2, -0.15) is 0 Å². The Bertz CT molecular complexity index is 877. The molecule has 3 aromatic rings. The number of benzene rings is 2. The van der Waals surface area contributed by atoms with Gasteiger partial charge < -0.3 is 14.0 Å². The largest absolute Gasteiger partial charge is 0.486 e. The molecule has 0 atom stereocenters. The fraction of sp³-hybridized carbons (Fsp3) is 0.391. The molecule has 0 N–H and O–H groups in total. The van der Waals surface area contributed by atoms with Crippen molar-refractivity contribution in [3.8, 4) is 11.5 Å². The van der Waals surface area contributed by atoms with Crippen LogP contribution in [-0.4, -0.2) is 17.8 Å². The highest BCUT2D eigenvalue weighted by Crippen LogP contribution is 2.32. The molecule has 2 heterocycles. The van der Waals surface area contributed by atoms with E-state index in [1.807, 2.05) is 6.07 Å². The van der Waals surface area contributed by atoms with E-state index in [4.69, 9.17) is 9.47 Å². The van der Waals surface area contributed by atoms with E-state index in [-0.39, 0.29) is 0 Å². The fourth-order valence-corrected chi connectivity index (χ4v) is 3.28. The first-order valence-electron chi connectivity index (χ1n) is 9.41. The highest BCUT2D eigenvalue weighted by Gasteiger charge is 2.12. The third-order valence-electron chi connectivity index (χ3n) is 4.81. The SMILES string of the molecule is CC(C)c1cc2ccccc2n1C.CC(C)c1ccc2c(c1)OCCO2. The molecule has 0 radical (unpaired) electrons. The maximum Gasteiger partial charge on any atom is 0.161 e. The van der Waals surface area contributed by atoms with E-state index in [0.717, 1.165) is 11.5 Å². The summed E-state index contributed by atoms with van der Waals surface area (Å²) in [6.07, 6.45) is 0. The Morgan fingerprint density at radius 1 is 0.808 bits per heavy atom. The van der Waals surface area contributed by atoms with Crippen LogP contribution in [-0.2, 0) is 7.05 Å². The number of hydrogen-bond acceptors (Lipinski definition) is 2. The Morgan fingerprint density at radius 3 is 2.15 bits per heavy atom. The minimum atomic E-state index is 0.538. The van der Waals surface area contributed by atoms with Gasteiger partial charge in [-0.3, -0.25) is 0 Å². The molecule has 2 aromatic carbocycles. The highest BCUT2D eigenvalue weighted by atomic mass is 16.6. The lowest BCUT2D eigenvalue weighted by Crippen LogP contribution is -2.15. The second-order valence-electron chi connectivity index (χ2n) is 7.40. The lowest BCUT2D eigenvalue weighted by molar-refractivity contribution is 0.171. The molecule has 26 heavy (non-hydrogen) atoms. The van der Waals surface area contributed by atoms with Gasteiger partial charge in [-0.25, -0.2) is 0 Å². The van der Waals surface area contributed by atoms with Crippen LogP contribution >= 0.6 is 0 Å².